The van der Waals surface area contributed by atoms with Crippen LogP contribution in [0.15, 0.2) is 0 Å². The molecule has 0 radical (unpaired) electrons. The van der Waals surface area contributed by atoms with Crippen molar-refractivity contribution in [3.8, 4) is 0 Å². The molecule has 1 unspecified atom stereocenters. The van der Waals surface area contributed by atoms with E-state index in [0.29, 0.717) is 11.8 Å². The molecule has 3 rings (SSSR count). The zero-order chi connectivity index (χ0) is 15.1. The lowest BCUT2D eigenvalue weighted by molar-refractivity contribution is 0.102. The third kappa shape index (κ3) is 2.81. The van der Waals surface area contributed by atoms with Gasteiger partial charge < -0.3 is 15.7 Å². The molecule has 0 spiro atoms. The molecule has 1 saturated carbocycles. The first-order valence-electron chi connectivity index (χ1n) is 7.85. The predicted octanol–water partition coefficient (Wildman–Crippen LogP) is 3.01. The summed E-state index contributed by atoms with van der Waals surface area (Å²) in [5.74, 6) is 1.03. The van der Waals surface area contributed by atoms with Crippen molar-refractivity contribution in [3.05, 3.63) is 10.4 Å². The molecule has 1 aromatic heterocycles. The van der Waals surface area contributed by atoms with Crippen molar-refractivity contribution in [2.45, 2.75) is 51.6 Å². The molecular formula is C16H24N2O2S. The number of carbonyl (C=O) groups excluding carboxylic acids is 1. The minimum atomic E-state index is -0.226. The molecule has 2 heterocycles. The van der Waals surface area contributed by atoms with E-state index in [-0.39, 0.29) is 11.9 Å². The fourth-order valence-electron chi connectivity index (χ4n) is 3.29. The van der Waals surface area contributed by atoms with Crippen LogP contribution in [0.1, 0.15) is 60.7 Å². The highest BCUT2D eigenvalue weighted by Gasteiger charge is 2.35. The summed E-state index contributed by atoms with van der Waals surface area (Å²) >= 11 is 1.57. The lowest BCUT2D eigenvalue weighted by Gasteiger charge is -2.34. The number of ketones is 1. The molecule has 5 heteroatoms. The van der Waals surface area contributed by atoms with Crippen LogP contribution in [0, 0.1) is 5.92 Å². The van der Waals surface area contributed by atoms with Crippen molar-refractivity contribution >= 4 is 27.8 Å². The number of aliphatic hydroxyl groups is 1. The monoisotopic (exact) mass is 308 g/mol. The average Bonchev–Trinajstić information content (AvgIpc) is 3.22. The first-order chi connectivity index (χ1) is 9.99. The van der Waals surface area contributed by atoms with Gasteiger partial charge in [0.15, 0.2) is 5.78 Å². The van der Waals surface area contributed by atoms with E-state index in [4.69, 9.17) is 5.73 Å². The number of nitrogen functional groups attached to an aromatic ring is 1. The predicted molar refractivity (Wildman–Crippen MR) is 87.3 cm³/mol. The molecule has 0 amide bonds. The first-order valence-corrected chi connectivity index (χ1v) is 8.66. The van der Waals surface area contributed by atoms with Crippen LogP contribution in [-0.4, -0.2) is 30.1 Å². The summed E-state index contributed by atoms with van der Waals surface area (Å²) in [7, 11) is 0. The zero-order valence-corrected chi connectivity index (χ0v) is 13.6. The average molecular weight is 308 g/mol. The number of Topliss-reactive ketones (excluding diaryl/α,β-unsaturated/α-hetero) is 1. The van der Waals surface area contributed by atoms with Crippen molar-refractivity contribution < 1.29 is 9.90 Å². The molecule has 0 aromatic carbocycles. The molecule has 2 aliphatic rings. The Hall–Kier alpha value is -1.07. The minimum Gasteiger partial charge on any atom is -0.397 e. The second-order valence-electron chi connectivity index (χ2n) is 6.46. The molecule has 21 heavy (non-hydrogen) atoms. The van der Waals surface area contributed by atoms with Gasteiger partial charge in [0.05, 0.1) is 21.7 Å². The van der Waals surface area contributed by atoms with Gasteiger partial charge >= 0.3 is 0 Å². The second-order valence-corrected chi connectivity index (χ2v) is 7.46. The van der Waals surface area contributed by atoms with Gasteiger partial charge in [-0.05, 0) is 44.4 Å². The van der Waals surface area contributed by atoms with Crippen LogP contribution in [0.2, 0.25) is 0 Å². The highest BCUT2D eigenvalue weighted by Crippen LogP contribution is 2.52. The smallest absolute Gasteiger partial charge is 0.171 e. The second kappa shape index (κ2) is 5.61. The fraction of sp³-hybridized carbons (Fsp3) is 0.688. The molecule has 1 saturated heterocycles. The van der Waals surface area contributed by atoms with Gasteiger partial charge in [0.2, 0.25) is 0 Å². The Morgan fingerprint density at radius 1 is 1.33 bits per heavy atom. The van der Waals surface area contributed by atoms with Crippen molar-refractivity contribution in [1.29, 1.82) is 0 Å². The standard InChI is InChI=1S/C16H24N2O2S/c1-9(19)11-5-7-18(8-6-11)16-13(12-3-4-12)14(17)15(21-16)10(2)20/h9,11-12,19H,3-8,17H2,1-2H3. The SMILES string of the molecule is CC(=O)c1sc(N2CCC(C(C)O)CC2)c(C2CC2)c1N. The number of nitrogens with two attached hydrogens (primary N) is 1. The van der Waals surface area contributed by atoms with E-state index >= 15 is 0 Å². The molecule has 3 N–H and O–H groups in total. The largest absolute Gasteiger partial charge is 0.397 e. The van der Waals surface area contributed by atoms with Crippen molar-refractivity contribution in [3.63, 3.8) is 0 Å². The number of rotatable bonds is 4. The summed E-state index contributed by atoms with van der Waals surface area (Å²) in [6, 6.07) is 0. The Morgan fingerprint density at radius 3 is 2.43 bits per heavy atom. The van der Waals surface area contributed by atoms with Gasteiger partial charge in [0.25, 0.3) is 0 Å². The molecule has 0 bridgehead atoms. The quantitative estimate of drug-likeness (QED) is 0.839. The molecule has 2 fully saturated rings. The maximum atomic E-state index is 11.8. The maximum Gasteiger partial charge on any atom is 0.171 e. The van der Waals surface area contributed by atoms with Gasteiger partial charge in [0, 0.05) is 25.6 Å². The Morgan fingerprint density at radius 2 is 1.95 bits per heavy atom. The molecule has 1 aliphatic heterocycles. The topological polar surface area (TPSA) is 66.6 Å². The van der Waals surface area contributed by atoms with Gasteiger partial charge in [-0.1, -0.05) is 0 Å². The van der Waals surface area contributed by atoms with E-state index in [1.165, 1.54) is 23.4 Å². The lowest BCUT2D eigenvalue weighted by atomic mass is 9.92. The number of anilines is 2. The van der Waals surface area contributed by atoms with E-state index in [1.54, 1.807) is 18.3 Å². The summed E-state index contributed by atoms with van der Waals surface area (Å²) < 4.78 is 0. The highest BCUT2D eigenvalue weighted by atomic mass is 32.1. The number of thiophene rings is 1. The molecule has 1 aliphatic carbocycles. The number of aliphatic hydroxyl groups excluding tert-OH is 1. The van der Waals surface area contributed by atoms with E-state index in [0.717, 1.165) is 36.5 Å². The number of carbonyl (C=O) groups is 1. The van der Waals surface area contributed by atoms with E-state index < -0.39 is 0 Å². The van der Waals surface area contributed by atoms with Crippen LogP contribution in [-0.2, 0) is 0 Å². The van der Waals surface area contributed by atoms with Gasteiger partial charge in [-0.15, -0.1) is 11.3 Å². The van der Waals surface area contributed by atoms with Crippen LogP contribution in [0.25, 0.3) is 0 Å². The van der Waals surface area contributed by atoms with Crippen LogP contribution in [0.4, 0.5) is 10.7 Å². The van der Waals surface area contributed by atoms with Crippen LogP contribution in [0.5, 0.6) is 0 Å². The van der Waals surface area contributed by atoms with E-state index in [9.17, 15) is 9.90 Å². The van der Waals surface area contributed by atoms with Crippen molar-refractivity contribution in [2.24, 2.45) is 5.92 Å². The summed E-state index contributed by atoms with van der Waals surface area (Å²) in [5, 5.41) is 10.9. The van der Waals surface area contributed by atoms with Crippen molar-refractivity contribution in [2.75, 3.05) is 23.7 Å². The third-order valence-electron chi connectivity index (χ3n) is 4.78. The van der Waals surface area contributed by atoms with Gasteiger partial charge in [-0.2, -0.15) is 0 Å². The lowest BCUT2D eigenvalue weighted by Crippen LogP contribution is -2.37. The number of hydrogen-bond acceptors (Lipinski definition) is 5. The van der Waals surface area contributed by atoms with Gasteiger partial charge in [0.1, 0.15) is 0 Å². The normalized spacial score (nSPS) is 21.6. The van der Waals surface area contributed by atoms with Crippen LogP contribution >= 0.6 is 11.3 Å². The molecule has 116 valence electrons. The number of nitrogens with zero attached hydrogens (tertiary/aromatic N) is 1. The van der Waals surface area contributed by atoms with E-state index in [1.807, 2.05) is 6.92 Å². The number of hydrogen-bond donors (Lipinski definition) is 2. The summed E-state index contributed by atoms with van der Waals surface area (Å²) in [6.45, 7) is 5.38. The molecule has 1 aromatic rings. The highest BCUT2D eigenvalue weighted by molar-refractivity contribution is 7.18. The summed E-state index contributed by atoms with van der Waals surface area (Å²) in [5.41, 5.74) is 8.20. The Kier molecular flexibility index (Phi) is 3.97. The minimum absolute atomic E-state index is 0.0736. The summed E-state index contributed by atoms with van der Waals surface area (Å²) in [4.78, 5) is 14.9. The Balaban J connectivity index is 1.85. The third-order valence-corrected chi connectivity index (χ3v) is 6.16. The van der Waals surface area contributed by atoms with Gasteiger partial charge in [-0.25, -0.2) is 0 Å². The first kappa shape index (κ1) is 14.9. The Labute approximate surface area is 129 Å². The fourth-order valence-corrected chi connectivity index (χ4v) is 4.55. The Bertz CT molecular complexity index is 541. The number of piperidine rings is 1. The van der Waals surface area contributed by atoms with E-state index in [2.05, 4.69) is 4.90 Å². The molecule has 4 nitrogen and oxygen atoms in total. The van der Waals surface area contributed by atoms with Crippen LogP contribution in [0.3, 0.4) is 0 Å². The molecular weight excluding hydrogens is 284 g/mol. The molecule has 1 atom stereocenters. The van der Waals surface area contributed by atoms with Crippen molar-refractivity contribution in [1.82, 2.24) is 0 Å². The van der Waals surface area contributed by atoms with Gasteiger partial charge in [-0.3, -0.25) is 4.79 Å². The van der Waals surface area contributed by atoms with Crippen LogP contribution < -0.4 is 10.6 Å². The summed E-state index contributed by atoms with van der Waals surface area (Å²) in [6.07, 6.45) is 4.17. The maximum absolute atomic E-state index is 11.8. The zero-order valence-electron chi connectivity index (χ0n) is 12.8.